The Balaban J connectivity index is 2.45. The average molecular weight is 182 g/mol. The second-order valence-electron chi connectivity index (χ2n) is 3.37. The molecule has 5 nitrogen and oxygen atoms in total. The Morgan fingerprint density at radius 2 is 2.38 bits per heavy atom. The summed E-state index contributed by atoms with van der Waals surface area (Å²) >= 11 is 0. The van der Waals surface area contributed by atoms with E-state index in [1.54, 1.807) is 7.05 Å². The van der Waals surface area contributed by atoms with Gasteiger partial charge in [0.15, 0.2) is 5.82 Å². The topological polar surface area (TPSA) is 59.8 Å². The lowest BCUT2D eigenvalue weighted by Crippen LogP contribution is -2.14. The van der Waals surface area contributed by atoms with Crippen molar-refractivity contribution in [2.24, 2.45) is 13.0 Å². The quantitative estimate of drug-likeness (QED) is 0.752. The lowest BCUT2D eigenvalue weighted by molar-refractivity contribution is -0.116. The fraction of sp³-hybridized carbons (Fsp3) is 0.625. The molecule has 72 valence electrons. The molecule has 0 bridgehead atoms. The summed E-state index contributed by atoms with van der Waals surface area (Å²) in [6.45, 7) is 3.99. The summed E-state index contributed by atoms with van der Waals surface area (Å²) in [6.07, 6.45) is 2.04. The van der Waals surface area contributed by atoms with Gasteiger partial charge in [0.05, 0.1) is 6.20 Å². The van der Waals surface area contributed by atoms with Crippen molar-refractivity contribution >= 4 is 11.7 Å². The summed E-state index contributed by atoms with van der Waals surface area (Å²) < 4.78 is 0. The van der Waals surface area contributed by atoms with Gasteiger partial charge in [-0.3, -0.25) is 4.79 Å². The molecule has 1 aromatic heterocycles. The maximum atomic E-state index is 11.2. The first kappa shape index (κ1) is 9.70. The van der Waals surface area contributed by atoms with E-state index in [0.717, 1.165) is 0 Å². The van der Waals surface area contributed by atoms with Crippen molar-refractivity contribution < 1.29 is 4.79 Å². The summed E-state index contributed by atoms with van der Waals surface area (Å²) in [7, 11) is 1.71. The molecule has 0 aliphatic heterocycles. The number of rotatable bonds is 3. The first-order valence-electron chi connectivity index (χ1n) is 4.24. The van der Waals surface area contributed by atoms with Gasteiger partial charge in [-0.1, -0.05) is 13.8 Å². The normalized spacial score (nSPS) is 10.5. The third-order valence-corrected chi connectivity index (χ3v) is 1.46. The van der Waals surface area contributed by atoms with Crippen molar-refractivity contribution in [3.8, 4) is 0 Å². The molecule has 0 aliphatic carbocycles. The van der Waals surface area contributed by atoms with Gasteiger partial charge in [0.1, 0.15) is 0 Å². The van der Waals surface area contributed by atoms with Crippen LogP contribution >= 0.6 is 0 Å². The van der Waals surface area contributed by atoms with E-state index in [4.69, 9.17) is 0 Å². The molecule has 1 aromatic rings. The van der Waals surface area contributed by atoms with E-state index in [1.165, 1.54) is 11.0 Å². The second kappa shape index (κ2) is 4.02. The molecule has 0 aromatic carbocycles. The summed E-state index contributed by atoms with van der Waals surface area (Å²) in [5.74, 6) is 0.848. The van der Waals surface area contributed by atoms with E-state index in [-0.39, 0.29) is 5.91 Å². The first-order valence-corrected chi connectivity index (χ1v) is 4.24. The Morgan fingerprint density at radius 1 is 1.69 bits per heavy atom. The molecular weight excluding hydrogens is 168 g/mol. The number of amides is 1. The van der Waals surface area contributed by atoms with Crippen LogP contribution in [0.15, 0.2) is 6.20 Å². The molecular formula is C8H14N4O. The number of anilines is 1. The predicted molar refractivity (Wildman–Crippen MR) is 49.1 cm³/mol. The Kier molecular flexibility index (Phi) is 3.00. The lowest BCUT2D eigenvalue weighted by atomic mass is 10.1. The van der Waals surface area contributed by atoms with Gasteiger partial charge in [-0.25, -0.2) is 0 Å². The molecule has 13 heavy (non-hydrogen) atoms. The molecule has 1 N–H and O–H groups in total. The van der Waals surface area contributed by atoms with Crippen LogP contribution in [0, 0.1) is 5.92 Å². The Hall–Kier alpha value is -1.39. The summed E-state index contributed by atoms with van der Waals surface area (Å²) in [6, 6.07) is 0. The van der Waals surface area contributed by atoms with Crippen molar-refractivity contribution in [3.05, 3.63) is 6.20 Å². The average Bonchev–Trinajstić information content (AvgIpc) is 2.33. The minimum absolute atomic E-state index is 0.0181. The highest BCUT2D eigenvalue weighted by molar-refractivity contribution is 5.89. The highest BCUT2D eigenvalue weighted by Gasteiger charge is 2.06. The van der Waals surface area contributed by atoms with Crippen LogP contribution in [0.4, 0.5) is 5.82 Å². The Bertz CT molecular complexity index is 292. The van der Waals surface area contributed by atoms with Crippen molar-refractivity contribution in [1.29, 1.82) is 0 Å². The van der Waals surface area contributed by atoms with E-state index in [0.29, 0.717) is 18.2 Å². The van der Waals surface area contributed by atoms with Gasteiger partial charge in [0.2, 0.25) is 5.91 Å². The number of carbonyl (C=O) groups is 1. The van der Waals surface area contributed by atoms with Gasteiger partial charge < -0.3 is 5.32 Å². The molecule has 1 amide bonds. The van der Waals surface area contributed by atoms with E-state index in [9.17, 15) is 4.79 Å². The van der Waals surface area contributed by atoms with Crippen LogP contribution in [0.5, 0.6) is 0 Å². The molecule has 0 spiro atoms. The van der Waals surface area contributed by atoms with Crippen LogP contribution in [-0.4, -0.2) is 20.9 Å². The second-order valence-corrected chi connectivity index (χ2v) is 3.37. The fourth-order valence-corrected chi connectivity index (χ4v) is 0.968. The summed E-state index contributed by atoms with van der Waals surface area (Å²) in [5, 5.41) is 10.4. The molecule has 0 radical (unpaired) electrons. The number of carbonyl (C=O) groups excluding carboxylic acids is 1. The zero-order chi connectivity index (χ0) is 9.84. The van der Waals surface area contributed by atoms with E-state index in [1.807, 2.05) is 13.8 Å². The first-order chi connectivity index (χ1) is 6.08. The van der Waals surface area contributed by atoms with Gasteiger partial charge >= 0.3 is 0 Å². The highest BCUT2D eigenvalue weighted by atomic mass is 16.1. The van der Waals surface area contributed by atoms with Crippen molar-refractivity contribution in [2.45, 2.75) is 20.3 Å². The molecule has 0 fully saturated rings. The molecule has 1 heterocycles. The standard InChI is InChI=1S/C8H14N4O/c1-6(2)4-8(13)10-7-5-9-12(3)11-7/h5-6H,4H2,1-3H3,(H,10,11,13). The van der Waals surface area contributed by atoms with Crippen LogP contribution in [0.1, 0.15) is 20.3 Å². The largest absolute Gasteiger partial charge is 0.308 e. The van der Waals surface area contributed by atoms with Gasteiger partial charge in [0.25, 0.3) is 0 Å². The molecule has 0 unspecified atom stereocenters. The number of nitrogens with one attached hydrogen (secondary N) is 1. The third kappa shape index (κ3) is 3.23. The van der Waals surface area contributed by atoms with E-state index < -0.39 is 0 Å². The summed E-state index contributed by atoms with van der Waals surface area (Å²) in [4.78, 5) is 12.7. The molecule has 0 atom stereocenters. The number of nitrogens with zero attached hydrogens (tertiary/aromatic N) is 3. The van der Waals surface area contributed by atoms with Crippen LogP contribution < -0.4 is 5.32 Å². The SMILES string of the molecule is CC(C)CC(=O)Nc1cnn(C)n1. The zero-order valence-corrected chi connectivity index (χ0v) is 8.11. The van der Waals surface area contributed by atoms with E-state index in [2.05, 4.69) is 15.5 Å². The van der Waals surface area contributed by atoms with Gasteiger partial charge in [-0.2, -0.15) is 9.90 Å². The minimum atomic E-state index is -0.0181. The Labute approximate surface area is 77.1 Å². The van der Waals surface area contributed by atoms with Crippen LogP contribution in [-0.2, 0) is 11.8 Å². The van der Waals surface area contributed by atoms with Gasteiger partial charge in [-0.15, -0.1) is 5.10 Å². The van der Waals surface area contributed by atoms with Crippen molar-refractivity contribution in [2.75, 3.05) is 5.32 Å². The molecule has 0 saturated carbocycles. The smallest absolute Gasteiger partial charge is 0.225 e. The van der Waals surface area contributed by atoms with Crippen LogP contribution in [0.25, 0.3) is 0 Å². The van der Waals surface area contributed by atoms with Gasteiger partial charge in [-0.05, 0) is 5.92 Å². The minimum Gasteiger partial charge on any atom is -0.308 e. The maximum Gasteiger partial charge on any atom is 0.225 e. The van der Waals surface area contributed by atoms with Crippen LogP contribution in [0.2, 0.25) is 0 Å². The van der Waals surface area contributed by atoms with Crippen LogP contribution in [0.3, 0.4) is 0 Å². The predicted octanol–water partition coefficient (Wildman–Crippen LogP) is 0.800. The third-order valence-electron chi connectivity index (χ3n) is 1.46. The van der Waals surface area contributed by atoms with Crippen molar-refractivity contribution in [1.82, 2.24) is 15.0 Å². The monoisotopic (exact) mass is 182 g/mol. The summed E-state index contributed by atoms with van der Waals surface area (Å²) in [5.41, 5.74) is 0. The molecule has 0 saturated heterocycles. The van der Waals surface area contributed by atoms with Gasteiger partial charge in [0, 0.05) is 13.5 Å². The number of hydrogen-bond donors (Lipinski definition) is 1. The number of aromatic nitrogens is 3. The molecule has 0 aliphatic rings. The number of aryl methyl sites for hydroxylation is 1. The molecule has 5 heteroatoms. The number of hydrogen-bond acceptors (Lipinski definition) is 3. The fourth-order valence-electron chi connectivity index (χ4n) is 0.968. The molecule has 1 rings (SSSR count). The van der Waals surface area contributed by atoms with Crippen molar-refractivity contribution in [3.63, 3.8) is 0 Å². The van der Waals surface area contributed by atoms with E-state index >= 15 is 0 Å². The Morgan fingerprint density at radius 3 is 2.85 bits per heavy atom. The maximum absolute atomic E-state index is 11.2. The zero-order valence-electron chi connectivity index (χ0n) is 8.11. The lowest BCUT2D eigenvalue weighted by Gasteiger charge is -2.03. The highest BCUT2D eigenvalue weighted by Crippen LogP contribution is 2.03.